The summed E-state index contributed by atoms with van der Waals surface area (Å²) < 4.78 is 11.1. The predicted molar refractivity (Wildman–Crippen MR) is 101 cm³/mol. The number of aryl methyl sites for hydroxylation is 1. The van der Waals surface area contributed by atoms with E-state index in [-0.39, 0.29) is 6.10 Å². The van der Waals surface area contributed by atoms with Gasteiger partial charge in [0.25, 0.3) is 0 Å². The molecule has 0 aliphatic heterocycles. The number of methoxy groups -OCH3 is 1. The molecule has 0 atom stereocenters. The van der Waals surface area contributed by atoms with Crippen LogP contribution in [0, 0.1) is 6.92 Å². The van der Waals surface area contributed by atoms with Crippen LogP contribution in [0.25, 0.3) is 0 Å². The van der Waals surface area contributed by atoms with Gasteiger partial charge in [-0.25, -0.2) is 0 Å². The molecule has 0 heterocycles. The monoisotopic (exact) mass is 334 g/mol. The van der Waals surface area contributed by atoms with Crippen molar-refractivity contribution in [2.45, 2.75) is 64.5 Å². The highest BCUT2D eigenvalue weighted by atomic mass is 16.5. The van der Waals surface area contributed by atoms with Crippen molar-refractivity contribution < 1.29 is 9.47 Å². The third kappa shape index (κ3) is 4.87. The molecule has 0 spiro atoms. The average molecular weight is 335 g/mol. The van der Waals surface area contributed by atoms with E-state index in [1.165, 1.54) is 36.8 Å². The van der Waals surface area contributed by atoms with Gasteiger partial charge in [0.05, 0.1) is 18.4 Å². The molecular formula is C20H34N2O2. The van der Waals surface area contributed by atoms with Gasteiger partial charge in [0.1, 0.15) is 5.75 Å². The second kappa shape index (κ2) is 8.72. The normalized spacial score (nSPS) is 21.5. The van der Waals surface area contributed by atoms with Crippen molar-refractivity contribution in [1.29, 1.82) is 0 Å². The molecule has 1 aromatic rings. The lowest BCUT2D eigenvalue weighted by Gasteiger charge is -2.35. The molecule has 136 valence electrons. The van der Waals surface area contributed by atoms with Crippen molar-refractivity contribution in [2.24, 2.45) is 0 Å². The number of nitrogen functional groups attached to an aromatic ring is 1. The van der Waals surface area contributed by atoms with E-state index in [1.54, 1.807) is 7.11 Å². The Labute approximate surface area is 147 Å². The van der Waals surface area contributed by atoms with E-state index in [4.69, 9.17) is 15.2 Å². The molecule has 0 aromatic heterocycles. The van der Waals surface area contributed by atoms with Crippen LogP contribution in [0.15, 0.2) is 12.1 Å². The maximum atomic E-state index is 6.13. The Balaban J connectivity index is 2.03. The molecule has 1 aromatic carbocycles. The first-order valence-corrected chi connectivity index (χ1v) is 9.18. The molecule has 1 saturated carbocycles. The van der Waals surface area contributed by atoms with E-state index < -0.39 is 0 Å². The number of hydrogen-bond donors (Lipinski definition) is 1. The first-order chi connectivity index (χ1) is 11.4. The number of ether oxygens (including phenoxy) is 2. The van der Waals surface area contributed by atoms with Gasteiger partial charge in [-0.15, -0.1) is 0 Å². The van der Waals surface area contributed by atoms with E-state index in [0.717, 1.165) is 24.6 Å². The van der Waals surface area contributed by atoms with Gasteiger partial charge in [-0.3, -0.25) is 0 Å². The molecule has 2 N–H and O–H groups in total. The third-order valence-electron chi connectivity index (χ3n) is 5.17. The molecule has 0 amide bonds. The summed E-state index contributed by atoms with van der Waals surface area (Å²) in [4.78, 5) is 2.45. The zero-order chi connectivity index (χ0) is 17.7. The summed E-state index contributed by atoms with van der Waals surface area (Å²) in [6.07, 6.45) is 5.10. The zero-order valence-corrected chi connectivity index (χ0v) is 16.0. The summed E-state index contributed by atoms with van der Waals surface area (Å²) in [6, 6.07) is 4.94. The number of hydrogen-bond acceptors (Lipinski definition) is 4. The maximum Gasteiger partial charge on any atom is 0.142 e. The van der Waals surface area contributed by atoms with Gasteiger partial charge in [0.2, 0.25) is 0 Å². The lowest BCUT2D eigenvalue weighted by Crippen LogP contribution is -2.36. The van der Waals surface area contributed by atoms with E-state index in [0.29, 0.717) is 12.0 Å². The summed E-state index contributed by atoms with van der Waals surface area (Å²) in [7, 11) is 3.98. The quantitative estimate of drug-likeness (QED) is 0.767. The molecule has 1 aliphatic rings. The maximum absolute atomic E-state index is 6.13. The number of benzene rings is 1. The SMILES string of the molecule is COCCN(C)C1CCC(c2cc(OC(C)C)c(N)cc2C)CC1. The second-order valence-electron chi connectivity index (χ2n) is 7.39. The molecule has 4 nitrogen and oxygen atoms in total. The molecular weight excluding hydrogens is 300 g/mol. The van der Waals surface area contributed by atoms with Crippen LogP contribution < -0.4 is 10.5 Å². The second-order valence-corrected chi connectivity index (χ2v) is 7.39. The minimum Gasteiger partial charge on any atom is -0.489 e. The summed E-state index contributed by atoms with van der Waals surface area (Å²) in [6.45, 7) is 8.07. The smallest absolute Gasteiger partial charge is 0.142 e. The Morgan fingerprint density at radius 1 is 1.21 bits per heavy atom. The van der Waals surface area contributed by atoms with Crippen LogP contribution in [0.3, 0.4) is 0 Å². The van der Waals surface area contributed by atoms with Crippen LogP contribution in [0.4, 0.5) is 5.69 Å². The minimum atomic E-state index is 0.146. The molecule has 0 radical (unpaired) electrons. The van der Waals surface area contributed by atoms with Gasteiger partial charge in [-0.05, 0) is 82.7 Å². The lowest BCUT2D eigenvalue weighted by molar-refractivity contribution is 0.119. The summed E-state index contributed by atoms with van der Waals surface area (Å²) in [5.74, 6) is 1.46. The summed E-state index contributed by atoms with van der Waals surface area (Å²) in [5.41, 5.74) is 9.59. The van der Waals surface area contributed by atoms with Gasteiger partial charge in [0, 0.05) is 19.7 Å². The van der Waals surface area contributed by atoms with Gasteiger partial charge < -0.3 is 20.1 Å². The third-order valence-corrected chi connectivity index (χ3v) is 5.17. The topological polar surface area (TPSA) is 47.7 Å². The standard InChI is InChI=1S/C20H34N2O2/c1-14(2)24-20-13-18(15(3)12-19(20)21)16-6-8-17(9-7-16)22(4)10-11-23-5/h12-14,16-17H,6-11,21H2,1-5H3. The number of likely N-dealkylation sites (N-methyl/N-ethyl adjacent to an activating group) is 1. The molecule has 1 fully saturated rings. The fourth-order valence-electron chi connectivity index (χ4n) is 3.77. The van der Waals surface area contributed by atoms with Crippen LogP contribution in [0.2, 0.25) is 0 Å². The first kappa shape index (κ1) is 19.1. The van der Waals surface area contributed by atoms with E-state index in [1.807, 2.05) is 13.8 Å². The highest BCUT2D eigenvalue weighted by Gasteiger charge is 2.26. The van der Waals surface area contributed by atoms with Crippen molar-refractivity contribution in [1.82, 2.24) is 4.90 Å². The molecule has 0 saturated heterocycles. The van der Waals surface area contributed by atoms with Gasteiger partial charge in [-0.1, -0.05) is 0 Å². The van der Waals surface area contributed by atoms with Crippen LogP contribution >= 0.6 is 0 Å². The van der Waals surface area contributed by atoms with Crippen molar-refractivity contribution in [3.8, 4) is 5.75 Å². The first-order valence-electron chi connectivity index (χ1n) is 9.18. The van der Waals surface area contributed by atoms with Crippen LogP contribution in [-0.2, 0) is 4.74 Å². The Bertz CT molecular complexity index is 523. The van der Waals surface area contributed by atoms with Crippen molar-refractivity contribution >= 4 is 5.69 Å². The molecule has 2 rings (SSSR count). The highest BCUT2D eigenvalue weighted by Crippen LogP contribution is 2.39. The molecule has 0 unspecified atom stereocenters. The Hall–Kier alpha value is -1.26. The van der Waals surface area contributed by atoms with E-state index in [9.17, 15) is 0 Å². The average Bonchev–Trinajstić information content (AvgIpc) is 2.55. The fraction of sp³-hybridized carbons (Fsp3) is 0.700. The van der Waals surface area contributed by atoms with Crippen molar-refractivity contribution in [2.75, 3.05) is 33.0 Å². The Morgan fingerprint density at radius 2 is 1.88 bits per heavy atom. The molecule has 1 aliphatic carbocycles. The predicted octanol–water partition coefficient (Wildman–Crippen LogP) is 3.97. The Morgan fingerprint density at radius 3 is 2.46 bits per heavy atom. The van der Waals surface area contributed by atoms with E-state index >= 15 is 0 Å². The highest BCUT2D eigenvalue weighted by molar-refractivity contribution is 5.57. The molecule has 24 heavy (non-hydrogen) atoms. The summed E-state index contributed by atoms with van der Waals surface area (Å²) in [5, 5.41) is 0. The van der Waals surface area contributed by atoms with Gasteiger partial charge in [-0.2, -0.15) is 0 Å². The fourth-order valence-corrected chi connectivity index (χ4v) is 3.77. The number of anilines is 1. The number of nitrogens with zero attached hydrogens (tertiary/aromatic N) is 1. The largest absolute Gasteiger partial charge is 0.489 e. The number of rotatable bonds is 7. The molecule has 0 bridgehead atoms. The summed E-state index contributed by atoms with van der Waals surface area (Å²) >= 11 is 0. The van der Waals surface area contributed by atoms with E-state index in [2.05, 4.69) is 31.0 Å². The van der Waals surface area contributed by atoms with Crippen LogP contribution in [-0.4, -0.2) is 44.4 Å². The van der Waals surface area contributed by atoms with Gasteiger partial charge >= 0.3 is 0 Å². The number of nitrogens with two attached hydrogens (primary N) is 1. The van der Waals surface area contributed by atoms with Crippen LogP contribution in [0.5, 0.6) is 5.75 Å². The minimum absolute atomic E-state index is 0.146. The van der Waals surface area contributed by atoms with Crippen molar-refractivity contribution in [3.05, 3.63) is 23.3 Å². The van der Waals surface area contributed by atoms with Gasteiger partial charge in [0.15, 0.2) is 0 Å². The molecule has 4 heteroatoms. The zero-order valence-electron chi connectivity index (χ0n) is 16.0. The Kier molecular flexibility index (Phi) is 6.93. The lowest BCUT2D eigenvalue weighted by atomic mass is 9.79. The van der Waals surface area contributed by atoms with Crippen LogP contribution in [0.1, 0.15) is 56.6 Å². The van der Waals surface area contributed by atoms with Crippen molar-refractivity contribution in [3.63, 3.8) is 0 Å².